The largest absolute Gasteiger partial charge is 0.416 e. The summed E-state index contributed by atoms with van der Waals surface area (Å²) >= 11 is 0. The number of rotatable bonds is 3. The lowest BCUT2D eigenvalue weighted by molar-refractivity contribution is -0.137. The van der Waals surface area contributed by atoms with Crippen molar-refractivity contribution in [2.45, 2.75) is 45.1 Å². The Bertz CT molecular complexity index is 473. The molecule has 1 aromatic rings. The molecule has 0 aromatic heterocycles. The summed E-state index contributed by atoms with van der Waals surface area (Å²) in [7, 11) is 2.12. The number of nitrogens with zero attached hydrogens (tertiary/aromatic N) is 1. The van der Waals surface area contributed by atoms with Gasteiger partial charge >= 0.3 is 6.18 Å². The molecule has 0 bridgehead atoms. The summed E-state index contributed by atoms with van der Waals surface area (Å²) in [6, 6.07) is 6.41. The van der Waals surface area contributed by atoms with Crippen molar-refractivity contribution in [1.82, 2.24) is 10.2 Å². The Balaban J connectivity index is 1.97. The van der Waals surface area contributed by atoms with Crippen LogP contribution in [-0.4, -0.2) is 30.6 Å². The lowest BCUT2D eigenvalue weighted by Crippen LogP contribution is -2.50. The van der Waals surface area contributed by atoms with Crippen LogP contribution in [0.1, 0.15) is 31.4 Å². The topological polar surface area (TPSA) is 15.3 Å². The molecule has 1 saturated heterocycles. The van der Waals surface area contributed by atoms with Gasteiger partial charge in [0.15, 0.2) is 0 Å². The van der Waals surface area contributed by atoms with Crippen LogP contribution in [0.4, 0.5) is 13.2 Å². The van der Waals surface area contributed by atoms with Crippen LogP contribution in [-0.2, 0) is 12.7 Å². The van der Waals surface area contributed by atoms with Crippen LogP contribution in [0.3, 0.4) is 0 Å². The molecular formula is C16H23F3N2. The number of alkyl halides is 3. The van der Waals surface area contributed by atoms with Gasteiger partial charge in [0, 0.05) is 25.2 Å². The van der Waals surface area contributed by atoms with Crippen LogP contribution in [0, 0.1) is 5.92 Å². The zero-order chi connectivity index (χ0) is 15.6. The predicted molar refractivity (Wildman–Crippen MR) is 77.9 cm³/mol. The van der Waals surface area contributed by atoms with Gasteiger partial charge in [0.1, 0.15) is 0 Å². The van der Waals surface area contributed by atoms with Crippen LogP contribution in [0.25, 0.3) is 0 Å². The van der Waals surface area contributed by atoms with Crippen molar-refractivity contribution in [2.24, 2.45) is 5.92 Å². The van der Waals surface area contributed by atoms with E-state index in [1.807, 2.05) is 0 Å². The zero-order valence-electron chi connectivity index (χ0n) is 12.7. The fourth-order valence-corrected chi connectivity index (χ4v) is 2.93. The summed E-state index contributed by atoms with van der Waals surface area (Å²) < 4.78 is 38.1. The van der Waals surface area contributed by atoms with Gasteiger partial charge in [-0.15, -0.1) is 0 Å². The second kappa shape index (κ2) is 6.36. The molecule has 1 N–H and O–H groups in total. The minimum atomic E-state index is -4.27. The Morgan fingerprint density at radius 1 is 1.29 bits per heavy atom. The Morgan fingerprint density at radius 2 is 2.00 bits per heavy atom. The van der Waals surface area contributed by atoms with Gasteiger partial charge in [0.25, 0.3) is 0 Å². The maximum absolute atomic E-state index is 12.7. The Hall–Kier alpha value is -1.07. The number of piperidine rings is 1. The first-order valence-electron chi connectivity index (χ1n) is 7.37. The van der Waals surface area contributed by atoms with Gasteiger partial charge < -0.3 is 10.2 Å². The molecule has 3 unspecified atom stereocenters. The fraction of sp³-hybridized carbons (Fsp3) is 0.625. The van der Waals surface area contributed by atoms with Crippen molar-refractivity contribution >= 4 is 0 Å². The van der Waals surface area contributed by atoms with Gasteiger partial charge in [-0.3, -0.25) is 0 Å². The Kier molecular flexibility index (Phi) is 4.94. The first kappa shape index (κ1) is 16.3. The fourth-order valence-electron chi connectivity index (χ4n) is 2.93. The first-order valence-corrected chi connectivity index (χ1v) is 7.37. The van der Waals surface area contributed by atoms with Gasteiger partial charge in [0.2, 0.25) is 0 Å². The normalized spacial score (nSPS) is 27.8. The summed E-state index contributed by atoms with van der Waals surface area (Å²) in [6.07, 6.45) is -3.25. The molecule has 1 aliphatic rings. The number of likely N-dealkylation sites (tertiary alicyclic amines) is 1. The molecule has 0 spiro atoms. The zero-order valence-corrected chi connectivity index (χ0v) is 12.7. The standard InChI is InChI=1S/C16H23F3N2/c1-11-10-21(3)12(2)7-15(11)20-9-13-5-4-6-14(8-13)16(17,18)19/h4-6,8,11-12,15,20H,7,9-10H2,1-3H3. The smallest absolute Gasteiger partial charge is 0.310 e. The number of nitrogens with one attached hydrogen (secondary N) is 1. The van der Waals surface area contributed by atoms with E-state index in [0.717, 1.165) is 19.0 Å². The van der Waals surface area contributed by atoms with Gasteiger partial charge in [-0.1, -0.05) is 25.1 Å². The second-order valence-electron chi connectivity index (χ2n) is 6.19. The molecule has 1 fully saturated rings. The Labute approximate surface area is 124 Å². The summed E-state index contributed by atoms with van der Waals surface area (Å²) in [6.45, 7) is 5.87. The summed E-state index contributed by atoms with van der Waals surface area (Å²) in [5, 5.41) is 3.42. The van der Waals surface area contributed by atoms with Crippen LogP contribution in [0.15, 0.2) is 24.3 Å². The molecule has 2 rings (SSSR count). The van der Waals surface area contributed by atoms with Crippen LogP contribution in [0.2, 0.25) is 0 Å². The SMILES string of the molecule is CC1CN(C)C(C)CC1NCc1cccc(C(F)(F)F)c1. The first-order chi connectivity index (χ1) is 9.77. The molecule has 1 aliphatic heterocycles. The van der Waals surface area contributed by atoms with E-state index in [1.54, 1.807) is 6.07 Å². The summed E-state index contributed by atoms with van der Waals surface area (Å²) in [5.74, 6) is 0.497. The maximum atomic E-state index is 12.7. The third-order valence-electron chi connectivity index (χ3n) is 4.43. The summed E-state index contributed by atoms with van der Waals surface area (Å²) in [5.41, 5.74) is 0.107. The molecular weight excluding hydrogens is 277 g/mol. The van der Waals surface area contributed by atoms with Crippen LogP contribution < -0.4 is 5.32 Å². The molecule has 2 nitrogen and oxygen atoms in total. The van der Waals surface area contributed by atoms with E-state index in [0.29, 0.717) is 30.1 Å². The van der Waals surface area contributed by atoms with Crippen molar-refractivity contribution in [3.05, 3.63) is 35.4 Å². The quantitative estimate of drug-likeness (QED) is 0.919. The third kappa shape index (κ3) is 4.20. The number of benzene rings is 1. The van der Waals surface area contributed by atoms with E-state index >= 15 is 0 Å². The molecule has 0 saturated carbocycles. The monoisotopic (exact) mass is 300 g/mol. The highest BCUT2D eigenvalue weighted by Crippen LogP contribution is 2.29. The van der Waals surface area contributed by atoms with E-state index in [4.69, 9.17) is 0 Å². The average molecular weight is 300 g/mol. The maximum Gasteiger partial charge on any atom is 0.416 e. The average Bonchev–Trinajstić information content (AvgIpc) is 2.41. The van der Waals surface area contributed by atoms with E-state index in [2.05, 4.69) is 31.1 Å². The minimum absolute atomic E-state index is 0.353. The predicted octanol–water partition coefficient (Wildman–Crippen LogP) is 3.52. The highest BCUT2D eigenvalue weighted by molar-refractivity contribution is 5.25. The number of halogens is 3. The lowest BCUT2D eigenvalue weighted by atomic mass is 9.89. The van der Waals surface area contributed by atoms with Crippen molar-refractivity contribution < 1.29 is 13.2 Å². The van der Waals surface area contributed by atoms with Crippen molar-refractivity contribution in [1.29, 1.82) is 0 Å². The molecule has 1 heterocycles. The van der Waals surface area contributed by atoms with E-state index in [9.17, 15) is 13.2 Å². The highest BCUT2D eigenvalue weighted by atomic mass is 19.4. The summed E-state index contributed by atoms with van der Waals surface area (Å²) in [4.78, 5) is 2.33. The molecule has 1 aromatic carbocycles. The van der Waals surface area contributed by atoms with Crippen molar-refractivity contribution in [3.63, 3.8) is 0 Å². The molecule has 5 heteroatoms. The third-order valence-corrected chi connectivity index (χ3v) is 4.43. The second-order valence-corrected chi connectivity index (χ2v) is 6.19. The van der Waals surface area contributed by atoms with Crippen LogP contribution in [0.5, 0.6) is 0 Å². The molecule has 118 valence electrons. The molecule has 0 radical (unpaired) electrons. The molecule has 0 amide bonds. The number of hydrogen-bond donors (Lipinski definition) is 1. The van der Waals surface area contributed by atoms with E-state index < -0.39 is 11.7 Å². The molecule has 3 atom stereocenters. The highest BCUT2D eigenvalue weighted by Gasteiger charge is 2.31. The van der Waals surface area contributed by atoms with Gasteiger partial charge in [0.05, 0.1) is 5.56 Å². The van der Waals surface area contributed by atoms with Gasteiger partial charge in [-0.2, -0.15) is 13.2 Å². The van der Waals surface area contributed by atoms with Gasteiger partial charge in [-0.25, -0.2) is 0 Å². The van der Waals surface area contributed by atoms with E-state index in [1.165, 1.54) is 12.1 Å². The van der Waals surface area contributed by atoms with Crippen LogP contribution >= 0.6 is 0 Å². The molecule has 21 heavy (non-hydrogen) atoms. The van der Waals surface area contributed by atoms with Crippen molar-refractivity contribution in [3.8, 4) is 0 Å². The van der Waals surface area contributed by atoms with E-state index in [-0.39, 0.29) is 0 Å². The number of hydrogen-bond acceptors (Lipinski definition) is 2. The van der Waals surface area contributed by atoms with Crippen molar-refractivity contribution in [2.75, 3.05) is 13.6 Å². The minimum Gasteiger partial charge on any atom is -0.310 e. The Morgan fingerprint density at radius 3 is 2.67 bits per heavy atom. The lowest BCUT2D eigenvalue weighted by Gasteiger charge is -2.40. The van der Waals surface area contributed by atoms with Gasteiger partial charge in [-0.05, 0) is 37.9 Å². The molecule has 0 aliphatic carbocycles.